The van der Waals surface area contributed by atoms with Crippen LogP contribution in [0.5, 0.6) is 5.75 Å². The Morgan fingerprint density at radius 1 is 1.07 bits per heavy atom. The lowest BCUT2D eigenvalue weighted by atomic mass is 10.2. The van der Waals surface area contributed by atoms with Crippen LogP contribution in [0.2, 0.25) is 0 Å². The number of aromatic nitrogens is 3. The summed E-state index contributed by atoms with van der Waals surface area (Å²) in [5.41, 5.74) is 2.70. The smallest absolute Gasteiger partial charge is 0.267 e. The molecule has 0 saturated carbocycles. The second-order valence-corrected chi connectivity index (χ2v) is 7.33. The number of thioether (sulfide) groups is 1. The van der Waals surface area contributed by atoms with Crippen LogP contribution in [0.25, 0.3) is 16.7 Å². The first kappa shape index (κ1) is 18.3. The summed E-state index contributed by atoms with van der Waals surface area (Å²) in [6, 6.07) is 19.1. The second-order valence-electron chi connectivity index (χ2n) is 6.38. The van der Waals surface area contributed by atoms with Crippen LogP contribution in [-0.2, 0) is 5.75 Å². The van der Waals surface area contributed by atoms with Crippen molar-refractivity contribution in [3.8, 4) is 11.6 Å². The standard InChI is InChI=1S/C22H19N3O2S/c1-15-10-11-23-20(12-15)25-21(26)18-8-3-4-9-19(18)24-22(25)28-14-16-6-5-7-17(13-16)27-2/h3-13H,14H2,1-2H3. The van der Waals surface area contributed by atoms with E-state index in [2.05, 4.69) is 4.98 Å². The largest absolute Gasteiger partial charge is 0.497 e. The fraction of sp³-hybridized carbons (Fsp3) is 0.136. The average Bonchev–Trinajstić information content (AvgIpc) is 2.72. The van der Waals surface area contributed by atoms with Crippen molar-refractivity contribution < 1.29 is 4.74 Å². The minimum Gasteiger partial charge on any atom is -0.497 e. The molecule has 140 valence electrons. The van der Waals surface area contributed by atoms with Gasteiger partial charge in [-0.2, -0.15) is 0 Å². The molecule has 28 heavy (non-hydrogen) atoms. The number of methoxy groups -OCH3 is 1. The molecular weight excluding hydrogens is 370 g/mol. The van der Waals surface area contributed by atoms with Gasteiger partial charge in [0, 0.05) is 11.9 Å². The van der Waals surface area contributed by atoms with Crippen molar-refractivity contribution in [2.24, 2.45) is 0 Å². The third kappa shape index (κ3) is 3.64. The van der Waals surface area contributed by atoms with Crippen molar-refractivity contribution in [2.45, 2.75) is 17.8 Å². The first-order valence-electron chi connectivity index (χ1n) is 8.86. The van der Waals surface area contributed by atoms with Crippen LogP contribution in [0.3, 0.4) is 0 Å². The van der Waals surface area contributed by atoms with Gasteiger partial charge in [0.15, 0.2) is 5.16 Å². The van der Waals surface area contributed by atoms with Crippen LogP contribution in [0.15, 0.2) is 76.8 Å². The van der Waals surface area contributed by atoms with E-state index in [-0.39, 0.29) is 5.56 Å². The number of benzene rings is 2. The van der Waals surface area contributed by atoms with E-state index in [4.69, 9.17) is 9.72 Å². The highest BCUT2D eigenvalue weighted by molar-refractivity contribution is 7.98. The number of pyridine rings is 1. The zero-order valence-electron chi connectivity index (χ0n) is 15.6. The summed E-state index contributed by atoms with van der Waals surface area (Å²) in [4.78, 5) is 22.4. The van der Waals surface area contributed by atoms with Gasteiger partial charge >= 0.3 is 0 Å². The Labute approximate surface area is 167 Å². The summed E-state index contributed by atoms with van der Waals surface area (Å²) >= 11 is 1.51. The van der Waals surface area contributed by atoms with E-state index in [0.717, 1.165) is 16.9 Å². The third-order valence-electron chi connectivity index (χ3n) is 4.38. The van der Waals surface area contributed by atoms with Gasteiger partial charge in [0.25, 0.3) is 5.56 Å². The maximum absolute atomic E-state index is 13.2. The Hall–Kier alpha value is -3.12. The topological polar surface area (TPSA) is 57.0 Å². The third-order valence-corrected chi connectivity index (χ3v) is 5.39. The number of rotatable bonds is 5. The van der Waals surface area contributed by atoms with Crippen molar-refractivity contribution >= 4 is 22.7 Å². The number of aryl methyl sites for hydroxylation is 1. The Morgan fingerprint density at radius 2 is 1.93 bits per heavy atom. The van der Waals surface area contributed by atoms with Crippen LogP contribution in [0.4, 0.5) is 0 Å². The van der Waals surface area contributed by atoms with E-state index in [9.17, 15) is 4.79 Å². The van der Waals surface area contributed by atoms with Gasteiger partial charge in [-0.25, -0.2) is 14.5 Å². The van der Waals surface area contributed by atoms with Gasteiger partial charge in [0.05, 0.1) is 18.0 Å². The van der Waals surface area contributed by atoms with Gasteiger partial charge in [-0.05, 0) is 54.4 Å². The maximum atomic E-state index is 13.2. The van der Waals surface area contributed by atoms with Gasteiger partial charge in [0.2, 0.25) is 0 Å². The molecule has 0 N–H and O–H groups in total. The van der Waals surface area contributed by atoms with Crippen LogP contribution in [0.1, 0.15) is 11.1 Å². The molecule has 2 aromatic heterocycles. The number of ether oxygens (including phenoxy) is 1. The molecule has 0 amide bonds. The van der Waals surface area contributed by atoms with Crippen LogP contribution >= 0.6 is 11.8 Å². The Balaban J connectivity index is 1.81. The molecule has 0 saturated heterocycles. The van der Waals surface area contributed by atoms with E-state index < -0.39 is 0 Å². The quantitative estimate of drug-likeness (QED) is 0.374. The molecule has 5 nitrogen and oxygen atoms in total. The molecule has 0 aliphatic heterocycles. The summed E-state index contributed by atoms with van der Waals surface area (Å²) in [6.45, 7) is 1.98. The van der Waals surface area contributed by atoms with Gasteiger partial charge in [0.1, 0.15) is 11.6 Å². The van der Waals surface area contributed by atoms with Crippen molar-refractivity contribution in [3.05, 3.63) is 88.3 Å². The molecule has 0 radical (unpaired) electrons. The summed E-state index contributed by atoms with van der Waals surface area (Å²) in [5, 5.41) is 1.20. The molecule has 0 fully saturated rings. The first-order valence-corrected chi connectivity index (χ1v) is 9.85. The van der Waals surface area contributed by atoms with E-state index in [0.29, 0.717) is 27.6 Å². The lowest BCUT2D eigenvalue weighted by molar-refractivity contribution is 0.414. The summed E-state index contributed by atoms with van der Waals surface area (Å²) in [6.07, 6.45) is 1.71. The predicted molar refractivity (Wildman–Crippen MR) is 112 cm³/mol. The molecule has 4 rings (SSSR count). The predicted octanol–water partition coefficient (Wildman–Crippen LogP) is 4.39. The monoisotopic (exact) mass is 389 g/mol. The lowest BCUT2D eigenvalue weighted by Crippen LogP contribution is -2.22. The molecule has 2 heterocycles. The van der Waals surface area contributed by atoms with E-state index in [1.165, 1.54) is 11.8 Å². The number of fused-ring (bicyclic) bond motifs is 1. The van der Waals surface area contributed by atoms with Crippen LogP contribution < -0.4 is 10.3 Å². The van der Waals surface area contributed by atoms with Crippen LogP contribution in [-0.4, -0.2) is 21.6 Å². The number of nitrogens with zero attached hydrogens (tertiary/aromatic N) is 3. The first-order chi connectivity index (χ1) is 13.7. The van der Waals surface area contributed by atoms with E-state index in [1.54, 1.807) is 23.9 Å². The molecule has 0 spiro atoms. The fourth-order valence-corrected chi connectivity index (χ4v) is 3.91. The molecule has 0 bridgehead atoms. The highest BCUT2D eigenvalue weighted by atomic mass is 32.2. The Morgan fingerprint density at radius 3 is 2.75 bits per heavy atom. The molecular formula is C22H19N3O2S. The van der Waals surface area contributed by atoms with Gasteiger partial charge in [-0.15, -0.1) is 0 Å². The summed E-state index contributed by atoms with van der Waals surface area (Å²) in [5.74, 6) is 2.05. The minimum atomic E-state index is -0.114. The average molecular weight is 389 g/mol. The summed E-state index contributed by atoms with van der Waals surface area (Å²) < 4.78 is 6.90. The minimum absolute atomic E-state index is 0.114. The molecule has 0 unspecified atom stereocenters. The SMILES string of the molecule is COc1cccc(CSc2nc3ccccc3c(=O)n2-c2cc(C)ccn2)c1. The fourth-order valence-electron chi connectivity index (χ4n) is 2.96. The highest BCUT2D eigenvalue weighted by Gasteiger charge is 2.14. The second kappa shape index (κ2) is 7.86. The highest BCUT2D eigenvalue weighted by Crippen LogP contribution is 2.25. The van der Waals surface area contributed by atoms with E-state index >= 15 is 0 Å². The van der Waals surface area contributed by atoms with Gasteiger partial charge in [-0.3, -0.25) is 4.79 Å². The van der Waals surface area contributed by atoms with Crippen molar-refractivity contribution in [2.75, 3.05) is 7.11 Å². The molecule has 6 heteroatoms. The van der Waals surface area contributed by atoms with Crippen molar-refractivity contribution in [1.29, 1.82) is 0 Å². The summed E-state index contributed by atoms with van der Waals surface area (Å²) in [7, 11) is 1.65. The molecule has 4 aromatic rings. The number of hydrogen-bond donors (Lipinski definition) is 0. The van der Waals surface area contributed by atoms with Crippen molar-refractivity contribution in [1.82, 2.24) is 14.5 Å². The normalized spacial score (nSPS) is 10.9. The lowest BCUT2D eigenvalue weighted by Gasteiger charge is -2.13. The van der Waals surface area contributed by atoms with Crippen LogP contribution in [0, 0.1) is 6.92 Å². The number of hydrogen-bond acceptors (Lipinski definition) is 5. The number of para-hydroxylation sites is 1. The molecule has 0 aliphatic carbocycles. The van der Waals surface area contributed by atoms with Crippen molar-refractivity contribution in [3.63, 3.8) is 0 Å². The maximum Gasteiger partial charge on any atom is 0.267 e. The Bertz CT molecular complexity index is 1200. The van der Waals surface area contributed by atoms with Gasteiger partial charge < -0.3 is 4.74 Å². The molecule has 2 aromatic carbocycles. The molecule has 0 atom stereocenters. The van der Waals surface area contributed by atoms with Gasteiger partial charge in [-0.1, -0.05) is 36.0 Å². The zero-order chi connectivity index (χ0) is 19.5. The molecule has 0 aliphatic rings. The Kier molecular flexibility index (Phi) is 5.12. The van der Waals surface area contributed by atoms with E-state index in [1.807, 2.05) is 61.5 Å². The zero-order valence-corrected chi connectivity index (χ0v) is 16.4.